The Hall–Kier alpha value is -2.34. The molecule has 0 unspecified atom stereocenters. The van der Waals surface area contributed by atoms with Crippen LogP contribution in [-0.4, -0.2) is 28.9 Å². The summed E-state index contributed by atoms with van der Waals surface area (Å²) in [6, 6.07) is 7.53. The molecule has 4 rings (SSSR count). The van der Waals surface area contributed by atoms with Crippen molar-refractivity contribution in [1.82, 2.24) is 9.78 Å². The zero-order valence-corrected chi connectivity index (χ0v) is 15.9. The number of hydrogen-bond acceptors (Lipinski definition) is 4. The van der Waals surface area contributed by atoms with Crippen LogP contribution in [0.1, 0.15) is 43.1 Å². The first kappa shape index (κ1) is 18.0. The van der Waals surface area contributed by atoms with Gasteiger partial charge in [0, 0.05) is 37.1 Å². The van der Waals surface area contributed by atoms with Crippen LogP contribution in [0, 0.1) is 5.92 Å². The molecule has 1 fully saturated rings. The predicted molar refractivity (Wildman–Crippen MR) is 103 cm³/mol. The van der Waals surface area contributed by atoms with Gasteiger partial charge in [-0.15, -0.1) is 0 Å². The van der Waals surface area contributed by atoms with Crippen LogP contribution in [0.15, 0.2) is 24.3 Å². The summed E-state index contributed by atoms with van der Waals surface area (Å²) in [4.78, 5) is 12.5. The summed E-state index contributed by atoms with van der Waals surface area (Å²) in [5.41, 5.74) is 4.24. The van der Waals surface area contributed by atoms with Crippen LogP contribution in [0.5, 0.6) is 5.75 Å². The first-order chi connectivity index (χ1) is 13.2. The van der Waals surface area contributed by atoms with Crippen LogP contribution in [0.2, 0.25) is 0 Å². The second-order valence-electron chi connectivity index (χ2n) is 7.28. The van der Waals surface area contributed by atoms with Crippen molar-refractivity contribution in [2.75, 3.05) is 18.5 Å². The first-order valence-electron chi connectivity index (χ1n) is 9.91. The molecule has 0 bridgehead atoms. The minimum atomic E-state index is -0.0237. The van der Waals surface area contributed by atoms with Crippen molar-refractivity contribution in [3.8, 4) is 5.75 Å². The number of amides is 1. The lowest BCUT2D eigenvalue weighted by Crippen LogP contribution is -2.15. The number of benzene rings is 1. The highest BCUT2D eigenvalue weighted by molar-refractivity contribution is 5.92. The molecule has 0 spiro atoms. The van der Waals surface area contributed by atoms with Gasteiger partial charge in [0.25, 0.3) is 0 Å². The van der Waals surface area contributed by atoms with Gasteiger partial charge in [-0.05, 0) is 37.8 Å². The van der Waals surface area contributed by atoms with E-state index in [1.165, 1.54) is 24.1 Å². The van der Waals surface area contributed by atoms with Gasteiger partial charge < -0.3 is 14.8 Å². The number of para-hydroxylation sites is 2. The van der Waals surface area contributed by atoms with Crippen molar-refractivity contribution in [1.29, 1.82) is 0 Å². The summed E-state index contributed by atoms with van der Waals surface area (Å²) >= 11 is 0. The average Bonchev–Trinajstić information content (AvgIpc) is 3.43. The van der Waals surface area contributed by atoms with Gasteiger partial charge in [0.1, 0.15) is 5.75 Å². The minimum Gasteiger partial charge on any atom is -0.492 e. The molecule has 27 heavy (non-hydrogen) atoms. The molecule has 1 aliphatic heterocycles. The van der Waals surface area contributed by atoms with Gasteiger partial charge >= 0.3 is 0 Å². The van der Waals surface area contributed by atoms with E-state index in [1.54, 1.807) is 0 Å². The number of carbonyl (C=O) groups excluding carboxylic acids is 1. The second-order valence-corrected chi connectivity index (χ2v) is 7.28. The molecule has 1 aliphatic carbocycles. The lowest BCUT2D eigenvalue weighted by Gasteiger charge is -2.15. The SMILES string of the molecule is CCOc1ccccc1NC(=O)CCc1nn(CC2CC2)c2c1COCC2. The van der Waals surface area contributed by atoms with Gasteiger partial charge in [-0.1, -0.05) is 12.1 Å². The van der Waals surface area contributed by atoms with E-state index in [1.807, 2.05) is 31.2 Å². The molecular formula is C21H27N3O3. The van der Waals surface area contributed by atoms with Crippen molar-refractivity contribution in [3.63, 3.8) is 0 Å². The largest absolute Gasteiger partial charge is 0.492 e. The van der Waals surface area contributed by atoms with Crippen molar-refractivity contribution in [2.24, 2.45) is 5.92 Å². The highest BCUT2D eigenvalue weighted by Gasteiger charge is 2.27. The molecule has 1 aromatic carbocycles. The first-order valence-corrected chi connectivity index (χ1v) is 9.91. The van der Waals surface area contributed by atoms with Gasteiger partial charge in [-0.25, -0.2) is 0 Å². The highest BCUT2D eigenvalue weighted by Crippen LogP contribution is 2.32. The third kappa shape index (κ3) is 4.33. The van der Waals surface area contributed by atoms with Crippen LogP contribution in [0.3, 0.4) is 0 Å². The van der Waals surface area contributed by atoms with E-state index in [2.05, 4.69) is 10.00 Å². The zero-order valence-electron chi connectivity index (χ0n) is 15.9. The Labute approximate surface area is 159 Å². The van der Waals surface area contributed by atoms with Crippen molar-refractivity contribution in [2.45, 2.75) is 52.2 Å². The fourth-order valence-electron chi connectivity index (χ4n) is 3.57. The smallest absolute Gasteiger partial charge is 0.224 e. The Morgan fingerprint density at radius 2 is 2.22 bits per heavy atom. The van der Waals surface area contributed by atoms with E-state index in [4.69, 9.17) is 14.6 Å². The molecule has 6 nitrogen and oxygen atoms in total. The lowest BCUT2D eigenvalue weighted by atomic mass is 10.1. The molecule has 144 valence electrons. The summed E-state index contributed by atoms with van der Waals surface area (Å²) in [6.07, 6.45) is 4.56. The van der Waals surface area contributed by atoms with Gasteiger partial charge in [-0.2, -0.15) is 5.10 Å². The summed E-state index contributed by atoms with van der Waals surface area (Å²) in [6.45, 7) is 4.89. The highest BCUT2D eigenvalue weighted by atomic mass is 16.5. The van der Waals surface area contributed by atoms with Crippen LogP contribution < -0.4 is 10.1 Å². The van der Waals surface area contributed by atoms with E-state index < -0.39 is 0 Å². The number of aromatic nitrogens is 2. The van der Waals surface area contributed by atoms with E-state index >= 15 is 0 Å². The number of hydrogen-bond donors (Lipinski definition) is 1. The number of rotatable bonds is 8. The Morgan fingerprint density at radius 1 is 1.37 bits per heavy atom. The van der Waals surface area contributed by atoms with Gasteiger partial charge in [0.05, 0.1) is 31.2 Å². The van der Waals surface area contributed by atoms with Crippen LogP contribution >= 0.6 is 0 Å². The summed E-state index contributed by atoms with van der Waals surface area (Å²) in [5, 5.41) is 7.79. The Bertz CT molecular complexity index is 811. The number of nitrogens with zero attached hydrogens (tertiary/aromatic N) is 2. The quantitative estimate of drug-likeness (QED) is 0.775. The molecule has 2 aliphatic rings. The fourth-order valence-corrected chi connectivity index (χ4v) is 3.57. The van der Waals surface area contributed by atoms with Crippen LogP contribution in [0.25, 0.3) is 0 Å². The number of fused-ring (bicyclic) bond motifs is 1. The standard InChI is InChI=1S/C21H27N3O3/c1-2-27-20-6-4-3-5-18(20)22-21(25)10-9-17-16-14-26-12-11-19(16)24(23-17)13-15-7-8-15/h3-6,15H,2,7-14H2,1H3,(H,22,25). The monoisotopic (exact) mass is 369 g/mol. The molecular weight excluding hydrogens is 342 g/mol. The Balaban J connectivity index is 1.41. The van der Waals surface area contributed by atoms with Crippen LogP contribution in [0.4, 0.5) is 5.69 Å². The molecule has 2 heterocycles. The van der Waals surface area contributed by atoms with E-state index in [9.17, 15) is 4.79 Å². The number of aryl methyl sites for hydroxylation is 1. The minimum absolute atomic E-state index is 0.0237. The molecule has 1 saturated carbocycles. The number of anilines is 1. The average molecular weight is 369 g/mol. The normalized spacial score (nSPS) is 16.0. The predicted octanol–water partition coefficient (Wildman–Crippen LogP) is 3.34. The number of nitrogens with one attached hydrogen (secondary N) is 1. The third-order valence-corrected chi connectivity index (χ3v) is 5.16. The molecule has 0 radical (unpaired) electrons. The summed E-state index contributed by atoms with van der Waals surface area (Å²) < 4.78 is 13.4. The molecule has 1 amide bonds. The van der Waals surface area contributed by atoms with Crippen molar-refractivity contribution >= 4 is 11.6 Å². The molecule has 1 aromatic heterocycles. The molecule has 1 N–H and O–H groups in total. The Morgan fingerprint density at radius 3 is 3.04 bits per heavy atom. The topological polar surface area (TPSA) is 65.4 Å². The van der Waals surface area contributed by atoms with Crippen molar-refractivity contribution in [3.05, 3.63) is 41.2 Å². The maximum absolute atomic E-state index is 12.5. The van der Waals surface area contributed by atoms with Crippen molar-refractivity contribution < 1.29 is 14.3 Å². The maximum Gasteiger partial charge on any atom is 0.224 e. The maximum atomic E-state index is 12.5. The number of carbonyl (C=O) groups is 1. The molecule has 2 aromatic rings. The van der Waals surface area contributed by atoms with Gasteiger partial charge in [0.2, 0.25) is 5.91 Å². The van der Waals surface area contributed by atoms with Crippen LogP contribution in [-0.2, 0) is 35.5 Å². The molecule has 0 saturated heterocycles. The summed E-state index contributed by atoms with van der Waals surface area (Å²) in [7, 11) is 0. The fraction of sp³-hybridized carbons (Fsp3) is 0.524. The van der Waals surface area contributed by atoms with Gasteiger partial charge in [-0.3, -0.25) is 9.48 Å². The summed E-state index contributed by atoms with van der Waals surface area (Å²) in [5.74, 6) is 1.46. The number of ether oxygens (including phenoxy) is 2. The lowest BCUT2D eigenvalue weighted by molar-refractivity contribution is -0.116. The van der Waals surface area contributed by atoms with E-state index in [0.717, 1.165) is 31.2 Å². The molecule has 0 atom stereocenters. The third-order valence-electron chi connectivity index (χ3n) is 5.16. The van der Waals surface area contributed by atoms with Gasteiger partial charge in [0.15, 0.2) is 0 Å². The second kappa shape index (κ2) is 8.13. The molecule has 6 heteroatoms. The van der Waals surface area contributed by atoms with E-state index in [-0.39, 0.29) is 5.91 Å². The van der Waals surface area contributed by atoms with E-state index in [0.29, 0.717) is 37.5 Å². The zero-order chi connectivity index (χ0) is 18.6. The Kier molecular flexibility index (Phi) is 5.43.